The molecular formula is C25H26FN5O7S. The number of nitrogens with one attached hydrogen (secondary N) is 1. The van der Waals surface area contributed by atoms with Crippen molar-refractivity contribution in [3.63, 3.8) is 0 Å². The summed E-state index contributed by atoms with van der Waals surface area (Å²) >= 11 is 0.610. The van der Waals surface area contributed by atoms with Gasteiger partial charge in [0.2, 0.25) is 5.91 Å². The smallest absolute Gasteiger partial charge is 0.325 e. The third-order valence-electron chi connectivity index (χ3n) is 5.43. The zero-order chi connectivity index (χ0) is 28.7. The summed E-state index contributed by atoms with van der Waals surface area (Å²) in [6.07, 6.45) is 0. The number of aromatic nitrogens is 1. The number of carbonyl (C=O) groups is 4. The number of hydrogen-bond acceptors (Lipinski definition) is 10. The standard InChI is InChI=1S/C25H26FN5O7S/c1-4-38-18(32)12-29-24(34)21(13-5-7-14(26)8-6-13)31(16-10-9-15(36-2)11-17(16)37-3)25(35)22-19(27)20(23(28)33)30-39-22/h5-11,21H,4,12,27H2,1-3H3,(H2,28,33)(H,29,34)/t21-/m0/s1. The van der Waals surface area contributed by atoms with Crippen LogP contribution in [-0.4, -0.2) is 55.4 Å². The van der Waals surface area contributed by atoms with Crippen molar-refractivity contribution in [2.45, 2.75) is 13.0 Å². The summed E-state index contributed by atoms with van der Waals surface area (Å²) < 4.78 is 33.3. The number of benzene rings is 2. The lowest BCUT2D eigenvalue weighted by Crippen LogP contribution is -2.45. The summed E-state index contributed by atoms with van der Waals surface area (Å²) in [4.78, 5) is 52.3. The third kappa shape index (κ3) is 6.41. The summed E-state index contributed by atoms with van der Waals surface area (Å²) in [5.74, 6) is -3.37. The Morgan fingerprint density at radius 3 is 2.36 bits per heavy atom. The minimum atomic E-state index is -1.48. The van der Waals surface area contributed by atoms with Crippen LogP contribution in [0.2, 0.25) is 0 Å². The molecule has 3 aromatic rings. The van der Waals surface area contributed by atoms with Crippen molar-refractivity contribution in [2.75, 3.05) is 38.0 Å². The van der Waals surface area contributed by atoms with Gasteiger partial charge in [0.25, 0.3) is 11.8 Å². The third-order valence-corrected chi connectivity index (χ3v) is 6.28. The number of nitrogen functional groups attached to an aromatic ring is 1. The molecule has 0 aliphatic carbocycles. The van der Waals surface area contributed by atoms with Crippen LogP contribution in [-0.2, 0) is 14.3 Å². The zero-order valence-corrected chi connectivity index (χ0v) is 22.0. The molecule has 0 unspecified atom stereocenters. The Labute approximate surface area is 226 Å². The molecule has 206 valence electrons. The SMILES string of the molecule is CCOC(=O)CNC(=O)[C@H](c1ccc(F)cc1)N(C(=O)c1snc(C(N)=O)c1N)c1ccc(OC)cc1OC. The summed E-state index contributed by atoms with van der Waals surface area (Å²) in [5, 5.41) is 2.45. The monoisotopic (exact) mass is 559 g/mol. The van der Waals surface area contributed by atoms with Gasteiger partial charge in [-0.05, 0) is 48.3 Å². The molecular weight excluding hydrogens is 533 g/mol. The number of anilines is 2. The highest BCUT2D eigenvalue weighted by Gasteiger charge is 2.37. The van der Waals surface area contributed by atoms with E-state index in [0.717, 1.165) is 17.0 Å². The first kappa shape index (κ1) is 28.8. The molecule has 0 aliphatic rings. The van der Waals surface area contributed by atoms with Gasteiger partial charge >= 0.3 is 5.97 Å². The van der Waals surface area contributed by atoms with Crippen LogP contribution in [0.4, 0.5) is 15.8 Å². The van der Waals surface area contributed by atoms with E-state index in [1.807, 2.05) is 0 Å². The molecule has 1 heterocycles. The van der Waals surface area contributed by atoms with Crippen LogP contribution in [0, 0.1) is 5.82 Å². The molecule has 1 aromatic heterocycles. The summed E-state index contributed by atoms with van der Waals surface area (Å²) in [6, 6.07) is 7.85. The average molecular weight is 560 g/mol. The van der Waals surface area contributed by atoms with Gasteiger partial charge in [0, 0.05) is 6.07 Å². The van der Waals surface area contributed by atoms with Crippen molar-refractivity contribution >= 4 is 46.6 Å². The Balaban J connectivity index is 2.24. The van der Waals surface area contributed by atoms with Crippen LogP contribution in [0.3, 0.4) is 0 Å². The highest BCUT2D eigenvalue weighted by Crippen LogP contribution is 2.39. The number of methoxy groups -OCH3 is 2. The highest BCUT2D eigenvalue weighted by atomic mass is 32.1. The Morgan fingerprint density at radius 2 is 1.79 bits per heavy atom. The van der Waals surface area contributed by atoms with Crippen molar-refractivity contribution in [3.8, 4) is 11.5 Å². The van der Waals surface area contributed by atoms with Crippen LogP contribution in [0.1, 0.15) is 38.7 Å². The second-order valence-electron chi connectivity index (χ2n) is 7.83. The molecule has 0 saturated carbocycles. The summed E-state index contributed by atoms with van der Waals surface area (Å²) in [5.41, 5.74) is 11.1. The molecule has 14 heteroatoms. The van der Waals surface area contributed by atoms with Gasteiger partial charge < -0.3 is 31.0 Å². The van der Waals surface area contributed by atoms with E-state index in [4.69, 9.17) is 25.7 Å². The highest BCUT2D eigenvalue weighted by molar-refractivity contribution is 7.09. The van der Waals surface area contributed by atoms with Crippen molar-refractivity contribution in [1.82, 2.24) is 9.69 Å². The van der Waals surface area contributed by atoms with Crippen molar-refractivity contribution in [2.24, 2.45) is 5.73 Å². The first-order valence-electron chi connectivity index (χ1n) is 11.4. The lowest BCUT2D eigenvalue weighted by molar-refractivity contribution is -0.143. The van der Waals surface area contributed by atoms with E-state index in [2.05, 4.69) is 9.69 Å². The zero-order valence-electron chi connectivity index (χ0n) is 21.2. The Bertz CT molecular complexity index is 1380. The van der Waals surface area contributed by atoms with Gasteiger partial charge in [0.1, 0.15) is 34.8 Å². The normalized spacial score (nSPS) is 11.3. The number of carbonyl (C=O) groups excluding carboxylic acids is 4. The first-order chi connectivity index (χ1) is 18.6. The molecule has 0 fully saturated rings. The van der Waals surface area contributed by atoms with E-state index < -0.39 is 42.1 Å². The Morgan fingerprint density at radius 1 is 1.10 bits per heavy atom. The largest absolute Gasteiger partial charge is 0.497 e. The number of ether oxygens (including phenoxy) is 3. The maximum atomic E-state index is 14.1. The van der Waals surface area contributed by atoms with Gasteiger partial charge in [-0.25, -0.2) is 4.39 Å². The molecule has 0 spiro atoms. The molecule has 0 aliphatic heterocycles. The summed E-state index contributed by atoms with van der Waals surface area (Å²) in [6.45, 7) is 1.20. The van der Waals surface area contributed by atoms with Crippen LogP contribution >= 0.6 is 11.5 Å². The van der Waals surface area contributed by atoms with E-state index >= 15 is 0 Å². The van der Waals surface area contributed by atoms with E-state index in [1.165, 1.54) is 44.6 Å². The molecule has 0 radical (unpaired) electrons. The fourth-order valence-corrected chi connectivity index (χ4v) is 4.36. The van der Waals surface area contributed by atoms with E-state index in [9.17, 15) is 23.6 Å². The van der Waals surface area contributed by atoms with Gasteiger partial charge in [0.15, 0.2) is 5.69 Å². The van der Waals surface area contributed by atoms with E-state index in [1.54, 1.807) is 6.92 Å². The molecule has 0 bridgehead atoms. The average Bonchev–Trinajstić information content (AvgIpc) is 3.32. The van der Waals surface area contributed by atoms with Gasteiger partial charge in [-0.15, -0.1) is 0 Å². The summed E-state index contributed by atoms with van der Waals surface area (Å²) in [7, 11) is 2.78. The molecule has 1 atom stereocenters. The lowest BCUT2D eigenvalue weighted by Gasteiger charge is -2.32. The van der Waals surface area contributed by atoms with Crippen molar-refractivity contribution in [3.05, 3.63) is 64.4 Å². The maximum Gasteiger partial charge on any atom is 0.325 e. The predicted octanol–water partition coefficient (Wildman–Crippen LogP) is 2.05. The molecule has 39 heavy (non-hydrogen) atoms. The number of rotatable bonds is 11. The molecule has 3 amide bonds. The second-order valence-corrected chi connectivity index (χ2v) is 8.60. The van der Waals surface area contributed by atoms with Crippen LogP contribution in [0.5, 0.6) is 11.5 Å². The molecule has 5 N–H and O–H groups in total. The van der Waals surface area contributed by atoms with Crippen LogP contribution in [0.15, 0.2) is 42.5 Å². The fourth-order valence-electron chi connectivity index (χ4n) is 3.62. The van der Waals surface area contributed by atoms with Gasteiger partial charge in [-0.3, -0.25) is 24.1 Å². The van der Waals surface area contributed by atoms with Gasteiger partial charge in [-0.1, -0.05) is 12.1 Å². The number of hydrogen-bond donors (Lipinski definition) is 3. The number of esters is 1. The molecule has 3 rings (SSSR count). The number of nitrogens with two attached hydrogens (primary N) is 2. The number of amides is 3. The number of primary amides is 1. The van der Waals surface area contributed by atoms with Gasteiger partial charge in [-0.2, -0.15) is 4.37 Å². The predicted molar refractivity (Wildman–Crippen MR) is 140 cm³/mol. The Hall–Kier alpha value is -4.72. The van der Waals surface area contributed by atoms with E-state index in [-0.39, 0.29) is 39.9 Å². The Kier molecular flexibility index (Phi) is 9.38. The van der Waals surface area contributed by atoms with Gasteiger partial charge in [0.05, 0.1) is 32.2 Å². The van der Waals surface area contributed by atoms with Crippen molar-refractivity contribution in [1.29, 1.82) is 0 Å². The molecule has 2 aromatic carbocycles. The van der Waals surface area contributed by atoms with Crippen LogP contribution in [0.25, 0.3) is 0 Å². The fraction of sp³-hybridized carbons (Fsp3) is 0.240. The lowest BCUT2D eigenvalue weighted by atomic mass is 10.0. The number of nitrogens with zero attached hydrogens (tertiary/aromatic N) is 2. The number of halogens is 1. The molecule has 0 saturated heterocycles. The van der Waals surface area contributed by atoms with E-state index in [0.29, 0.717) is 17.3 Å². The minimum Gasteiger partial charge on any atom is -0.497 e. The topological polar surface area (TPSA) is 176 Å². The van der Waals surface area contributed by atoms with Crippen LogP contribution < -0.4 is 31.2 Å². The van der Waals surface area contributed by atoms with Crippen molar-refractivity contribution < 1.29 is 37.8 Å². The minimum absolute atomic E-state index is 0.0939. The maximum absolute atomic E-state index is 14.1. The first-order valence-corrected chi connectivity index (χ1v) is 12.2. The molecule has 12 nitrogen and oxygen atoms in total. The quantitative estimate of drug-likeness (QED) is 0.297. The second kappa shape index (κ2) is 12.7.